The average Bonchev–Trinajstić information content (AvgIpc) is 2.74. The Kier molecular flexibility index (Phi) is 4.97. The Morgan fingerprint density at radius 1 is 0.758 bits per heavy atom. The van der Waals surface area contributed by atoms with Crippen molar-refractivity contribution in [3.8, 4) is 0 Å². The standard InChI is InChI=1S/C30H48O3/c1-19-20(31)8-9-21-27(19,4)11-10-22-28(21,5)15-17-30(7)23-18-26(3,24(32)33)13-12-25(23,2)14-16-29(22,30)6/h19,21-23H,8-18H2,1-7H3,(H,32,33)/t19-,21+,22-,23+,25+,26+,27+,28-,29+,30-/m0/s1. The van der Waals surface area contributed by atoms with Gasteiger partial charge in [-0.25, -0.2) is 0 Å². The van der Waals surface area contributed by atoms with Crippen LogP contribution in [0.2, 0.25) is 0 Å². The number of carbonyl (C=O) groups is 2. The van der Waals surface area contributed by atoms with Crippen molar-refractivity contribution < 1.29 is 14.7 Å². The number of aliphatic carboxylic acids is 1. The molecule has 0 aromatic carbocycles. The summed E-state index contributed by atoms with van der Waals surface area (Å²) in [6.07, 6.45) is 12.0. The lowest BCUT2D eigenvalue weighted by atomic mass is 9.30. The van der Waals surface area contributed by atoms with Gasteiger partial charge in [-0.15, -0.1) is 0 Å². The largest absolute Gasteiger partial charge is 0.481 e. The minimum atomic E-state index is -0.588. The van der Waals surface area contributed by atoms with Crippen LogP contribution in [-0.4, -0.2) is 16.9 Å². The van der Waals surface area contributed by atoms with E-state index in [9.17, 15) is 14.7 Å². The van der Waals surface area contributed by atoms with Crippen LogP contribution in [0.1, 0.15) is 119 Å². The van der Waals surface area contributed by atoms with E-state index < -0.39 is 11.4 Å². The Hall–Kier alpha value is -0.860. The molecule has 5 aliphatic rings. The van der Waals surface area contributed by atoms with E-state index in [0.29, 0.717) is 29.0 Å². The minimum absolute atomic E-state index is 0.153. The van der Waals surface area contributed by atoms with Crippen molar-refractivity contribution in [1.82, 2.24) is 0 Å². The zero-order valence-corrected chi connectivity index (χ0v) is 22.4. The molecule has 0 aromatic heterocycles. The highest BCUT2D eigenvalue weighted by molar-refractivity contribution is 5.82. The fourth-order valence-electron chi connectivity index (χ4n) is 11.2. The van der Waals surface area contributed by atoms with Crippen molar-refractivity contribution in [2.24, 2.45) is 56.2 Å². The average molecular weight is 457 g/mol. The molecule has 5 fully saturated rings. The van der Waals surface area contributed by atoms with Crippen LogP contribution in [0.5, 0.6) is 0 Å². The van der Waals surface area contributed by atoms with Crippen LogP contribution in [0.3, 0.4) is 0 Å². The van der Waals surface area contributed by atoms with Crippen molar-refractivity contribution >= 4 is 11.8 Å². The van der Waals surface area contributed by atoms with Crippen LogP contribution in [0, 0.1) is 56.2 Å². The first-order valence-electron chi connectivity index (χ1n) is 13.9. The molecule has 5 aliphatic carbocycles. The Morgan fingerprint density at radius 2 is 1.36 bits per heavy atom. The second kappa shape index (κ2) is 6.88. The van der Waals surface area contributed by atoms with Crippen LogP contribution in [0.25, 0.3) is 0 Å². The maximum atomic E-state index is 12.7. The second-order valence-electron chi connectivity index (χ2n) is 15.0. The third-order valence-electron chi connectivity index (χ3n) is 14.0. The maximum Gasteiger partial charge on any atom is 0.309 e. The van der Waals surface area contributed by atoms with Gasteiger partial charge in [0.05, 0.1) is 5.41 Å². The van der Waals surface area contributed by atoms with Crippen LogP contribution >= 0.6 is 0 Å². The second-order valence-corrected chi connectivity index (χ2v) is 15.0. The first kappa shape index (κ1) is 23.9. The first-order chi connectivity index (χ1) is 15.2. The minimum Gasteiger partial charge on any atom is -0.481 e. The highest BCUT2D eigenvalue weighted by Crippen LogP contribution is 2.78. The summed E-state index contributed by atoms with van der Waals surface area (Å²) in [6, 6.07) is 0. The molecule has 0 aliphatic heterocycles. The van der Waals surface area contributed by atoms with Gasteiger partial charge in [0.15, 0.2) is 0 Å². The number of carboxylic acids is 1. The molecular weight excluding hydrogens is 408 g/mol. The molecule has 0 unspecified atom stereocenters. The number of carboxylic acid groups (broad SMARTS) is 1. The molecule has 0 radical (unpaired) electrons. The lowest BCUT2D eigenvalue weighted by molar-refractivity contribution is -0.257. The maximum absolute atomic E-state index is 12.7. The van der Waals surface area contributed by atoms with Gasteiger partial charge in [0.1, 0.15) is 5.78 Å². The highest BCUT2D eigenvalue weighted by atomic mass is 16.4. The van der Waals surface area contributed by atoms with Crippen molar-refractivity contribution in [2.45, 2.75) is 119 Å². The Labute approximate surface area is 201 Å². The summed E-state index contributed by atoms with van der Waals surface area (Å²) in [4.78, 5) is 25.0. The number of hydrogen-bond donors (Lipinski definition) is 1. The molecule has 0 bridgehead atoms. The molecule has 1 N–H and O–H groups in total. The number of ketones is 1. The zero-order chi connectivity index (χ0) is 24.2. The number of carbonyl (C=O) groups excluding carboxylic acids is 1. The predicted molar refractivity (Wildman–Crippen MR) is 132 cm³/mol. The smallest absolute Gasteiger partial charge is 0.309 e. The highest BCUT2D eigenvalue weighted by Gasteiger charge is 2.71. The molecule has 186 valence electrons. The predicted octanol–water partition coefficient (Wildman–Crippen LogP) is 7.52. The molecule has 3 heteroatoms. The van der Waals surface area contributed by atoms with Gasteiger partial charge >= 0.3 is 5.97 Å². The van der Waals surface area contributed by atoms with Gasteiger partial charge in [0, 0.05) is 12.3 Å². The van der Waals surface area contributed by atoms with E-state index in [1.165, 1.54) is 38.5 Å². The quantitative estimate of drug-likeness (QED) is 0.444. The first-order valence-corrected chi connectivity index (χ1v) is 13.9. The van der Waals surface area contributed by atoms with E-state index in [1.54, 1.807) is 0 Å². The van der Waals surface area contributed by atoms with Crippen molar-refractivity contribution in [1.29, 1.82) is 0 Å². The van der Waals surface area contributed by atoms with Gasteiger partial charge in [-0.1, -0.05) is 41.5 Å². The monoisotopic (exact) mass is 456 g/mol. The van der Waals surface area contributed by atoms with Crippen LogP contribution in [0.4, 0.5) is 0 Å². The summed E-state index contributed by atoms with van der Waals surface area (Å²) in [6.45, 7) is 16.9. The summed E-state index contributed by atoms with van der Waals surface area (Å²) in [5, 5.41) is 10.1. The van der Waals surface area contributed by atoms with Gasteiger partial charge in [-0.3, -0.25) is 9.59 Å². The van der Waals surface area contributed by atoms with Gasteiger partial charge in [0.2, 0.25) is 0 Å². The summed E-state index contributed by atoms with van der Waals surface area (Å²) in [5.74, 6) is 1.91. The van der Waals surface area contributed by atoms with Crippen LogP contribution < -0.4 is 0 Å². The molecule has 0 spiro atoms. The third-order valence-corrected chi connectivity index (χ3v) is 14.0. The summed E-state index contributed by atoms with van der Waals surface area (Å²) >= 11 is 0. The van der Waals surface area contributed by atoms with E-state index in [1.807, 2.05) is 6.92 Å². The Morgan fingerprint density at radius 3 is 2.03 bits per heavy atom. The Balaban J connectivity index is 1.54. The SMILES string of the molecule is C[C@H]1C(=O)CC[C@@H]2[C@]1(C)CC[C@H]1[C@@]2(C)CC[C@@]2(C)[C@@H]3C[C@](C)(C(=O)O)CC[C@]3(C)CC[C@]12C. The van der Waals surface area contributed by atoms with Crippen LogP contribution in [0.15, 0.2) is 0 Å². The molecule has 0 heterocycles. The van der Waals surface area contributed by atoms with Crippen molar-refractivity contribution in [2.75, 3.05) is 0 Å². The normalized spacial score (nSPS) is 58.5. The molecule has 0 aromatic rings. The zero-order valence-electron chi connectivity index (χ0n) is 22.4. The number of hydrogen-bond acceptors (Lipinski definition) is 2. The van der Waals surface area contributed by atoms with E-state index in [-0.39, 0.29) is 27.6 Å². The van der Waals surface area contributed by atoms with Gasteiger partial charge in [-0.2, -0.15) is 0 Å². The van der Waals surface area contributed by atoms with E-state index in [0.717, 1.165) is 32.1 Å². The number of fused-ring (bicyclic) bond motifs is 7. The van der Waals surface area contributed by atoms with E-state index >= 15 is 0 Å². The summed E-state index contributed by atoms with van der Waals surface area (Å²) < 4.78 is 0. The van der Waals surface area contributed by atoms with Crippen molar-refractivity contribution in [3.63, 3.8) is 0 Å². The van der Waals surface area contributed by atoms with Gasteiger partial charge in [-0.05, 0) is 116 Å². The molecule has 5 saturated carbocycles. The summed E-state index contributed by atoms with van der Waals surface area (Å²) in [7, 11) is 0. The van der Waals surface area contributed by atoms with Crippen molar-refractivity contribution in [3.05, 3.63) is 0 Å². The van der Waals surface area contributed by atoms with Gasteiger partial charge < -0.3 is 5.11 Å². The van der Waals surface area contributed by atoms with E-state index in [4.69, 9.17) is 0 Å². The molecule has 3 nitrogen and oxygen atoms in total. The fraction of sp³-hybridized carbons (Fsp3) is 0.933. The number of Topliss-reactive ketones (excluding diaryl/α,β-unsaturated/α-hetero) is 1. The lowest BCUT2D eigenvalue weighted by Gasteiger charge is -2.74. The molecule has 0 amide bonds. The number of rotatable bonds is 1. The molecule has 5 rings (SSSR count). The topological polar surface area (TPSA) is 54.4 Å². The fourth-order valence-corrected chi connectivity index (χ4v) is 11.2. The summed E-state index contributed by atoms with van der Waals surface area (Å²) in [5.41, 5.74) is 0.621. The molecule has 10 atom stereocenters. The van der Waals surface area contributed by atoms with Crippen LogP contribution in [-0.2, 0) is 9.59 Å². The lowest BCUT2D eigenvalue weighted by Crippen LogP contribution is -2.68. The van der Waals surface area contributed by atoms with Gasteiger partial charge in [0.25, 0.3) is 0 Å². The molecule has 33 heavy (non-hydrogen) atoms. The molecule has 0 saturated heterocycles. The molecular formula is C30H48O3. The Bertz CT molecular complexity index is 880. The van der Waals surface area contributed by atoms with E-state index in [2.05, 4.69) is 41.5 Å². The third kappa shape index (κ3) is 2.80.